The van der Waals surface area contributed by atoms with Crippen LogP contribution in [0.15, 0.2) is 63.7 Å². The smallest absolute Gasteiger partial charge is 0.283 e. The van der Waals surface area contributed by atoms with E-state index >= 15 is 0 Å². The topological polar surface area (TPSA) is 77.2 Å². The summed E-state index contributed by atoms with van der Waals surface area (Å²) >= 11 is 1.46. The molecule has 0 fully saturated rings. The lowest BCUT2D eigenvalue weighted by Gasteiger charge is -2.18. The maximum absolute atomic E-state index is 13.4. The molecule has 1 aliphatic heterocycles. The summed E-state index contributed by atoms with van der Waals surface area (Å²) in [5, 5.41) is 4.60. The zero-order valence-corrected chi connectivity index (χ0v) is 19.1. The Morgan fingerprint density at radius 2 is 1.81 bits per heavy atom. The predicted molar refractivity (Wildman–Crippen MR) is 126 cm³/mol. The number of hydrogen-bond donors (Lipinski definition) is 0. The predicted octanol–water partition coefficient (Wildman–Crippen LogP) is 4.99. The van der Waals surface area contributed by atoms with Crippen molar-refractivity contribution in [3.05, 3.63) is 76.8 Å². The minimum absolute atomic E-state index is 0.199. The van der Waals surface area contributed by atoms with Crippen molar-refractivity contribution in [3.63, 3.8) is 0 Å². The van der Waals surface area contributed by atoms with Gasteiger partial charge in [0.1, 0.15) is 23.0 Å². The van der Waals surface area contributed by atoms with Crippen LogP contribution in [0.1, 0.15) is 22.6 Å². The zero-order chi connectivity index (χ0) is 22.7. The third kappa shape index (κ3) is 4.40. The lowest BCUT2D eigenvalue weighted by atomic mass is 10.2. The summed E-state index contributed by atoms with van der Waals surface area (Å²) in [6.45, 7) is 3.79. The Kier molecular flexibility index (Phi) is 6.32. The van der Waals surface area contributed by atoms with Gasteiger partial charge in [-0.15, -0.1) is 0 Å². The maximum atomic E-state index is 13.4. The maximum Gasteiger partial charge on any atom is 0.283 e. The second kappa shape index (κ2) is 9.32. The summed E-state index contributed by atoms with van der Waals surface area (Å²) in [7, 11) is 3.22. The van der Waals surface area contributed by atoms with E-state index in [2.05, 4.69) is 10.1 Å². The van der Waals surface area contributed by atoms with Crippen LogP contribution in [0, 0.1) is 13.8 Å². The van der Waals surface area contributed by atoms with Gasteiger partial charge in [-0.25, -0.2) is 4.99 Å². The van der Waals surface area contributed by atoms with Gasteiger partial charge in [-0.2, -0.15) is 0 Å². The van der Waals surface area contributed by atoms with Crippen molar-refractivity contribution in [3.8, 4) is 11.5 Å². The number of methoxy groups -OCH3 is 2. The first kappa shape index (κ1) is 21.7. The summed E-state index contributed by atoms with van der Waals surface area (Å²) in [5.74, 6) is 2.57. The van der Waals surface area contributed by atoms with E-state index in [1.54, 1.807) is 25.2 Å². The van der Waals surface area contributed by atoms with Crippen molar-refractivity contribution in [2.45, 2.75) is 19.6 Å². The number of hydrogen-bond acceptors (Lipinski definition) is 7. The third-order valence-corrected chi connectivity index (χ3v) is 6.05. The number of amidine groups is 1. The fraction of sp³-hybridized carbons (Fsp3) is 0.208. The lowest BCUT2D eigenvalue weighted by Crippen LogP contribution is -2.30. The second-order valence-electron chi connectivity index (χ2n) is 7.13. The molecule has 3 aromatic rings. The molecule has 0 bridgehead atoms. The van der Waals surface area contributed by atoms with Gasteiger partial charge in [0.05, 0.1) is 25.6 Å². The van der Waals surface area contributed by atoms with E-state index in [-0.39, 0.29) is 5.91 Å². The number of thioether (sulfide) groups is 1. The summed E-state index contributed by atoms with van der Waals surface area (Å²) in [5.41, 5.74) is 3.75. The summed E-state index contributed by atoms with van der Waals surface area (Å²) in [4.78, 5) is 19.7. The number of anilines is 1. The average Bonchev–Trinajstić information content (AvgIpc) is 3.30. The van der Waals surface area contributed by atoms with E-state index in [0.717, 1.165) is 28.3 Å². The van der Waals surface area contributed by atoms with E-state index < -0.39 is 0 Å². The molecule has 2 heterocycles. The van der Waals surface area contributed by atoms with E-state index in [0.29, 0.717) is 28.1 Å². The van der Waals surface area contributed by atoms with Crippen LogP contribution < -0.4 is 14.4 Å². The number of aromatic nitrogens is 1. The first-order valence-electron chi connectivity index (χ1n) is 9.97. The van der Waals surface area contributed by atoms with Gasteiger partial charge >= 0.3 is 0 Å². The van der Waals surface area contributed by atoms with Crippen molar-refractivity contribution in [1.29, 1.82) is 0 Å². The highest BCUT2D eigenvalue weighted by Crippen LogP contribution is 2.33. The van der Waals surface area contributed by atoms with Crippen LogP contribution in [0.2, 0.25) is 0 Å². The first-order chi connectivity index (χ1) is 15.5. The monoisotopic (exact) mass is 449 g/mol. The SMILES string of the molecule is COc1ccc(/C=C2\N=C(SCc3c(C)noc3C)N(c3cccc(OC)c3)C2=O)cc1. The molecule has 0 saturated heterocycles. The second-order valence-corrected chi connectivity index (χ2v) is 8.07. The largest absolute Gasteiger partial charge is 0.497 e. The highest BCUT2D eigenvalue weighted by molar-refractivity contribution is 8.13. The van der Waals surface area contributed by atoms with Crippen LogP contribution >= 0.6 is 11.8 Å². The number of carbonyl (C=O) groups excluding carboxylic acids is 1. The lowest BCUT2D eigenvalue weighted by molar-refractivity contribution is -0.113. The molecule has 1 aromatic heterocycles. The summed E-state index contributed by atoms with van der Waals surface area (Å²) in [6, 6.07) is 14.8. The number of nitrogens with zero attached hydrogens (tertiary/aromatic N) is 3. The van der Waals surface area contributed by atoms with Gasteiger partial charge in [0.25, 0.3) is 5.91 Å². The molecule has 7 nitrogen and oxygen atoms in total. The molecule has 164 valence electrons. The van der Waals surface area contributed by atoms with E-state index in [1.807, 2.05) is 62.4 Å². The Labute approximate surface area is 190 Å². The van der Waals surface area contributed by atoms with E-state index in [9.17, 15) is 4.79 Å². The molecule has 8 heteroatoms. The molecule has 1 amide bonds. The number of amides is 1. The molecule has 4 rings (SSSR count). The average molecular weight is 450 g/mol. The fourth-order valence-corrected chi connectivity index (χ4v) is 4.44. The number of rotatable bonds is 6. The molecule has 0 aliphatic carbocycles. The van der Waals surface area contributed by atoms with Gasteiger partial charge in [0, 0.05) is 17.4 Å². The van der Waals surface area contributed by atoms with Gasteiger partial charge in [-0.3, -0.25) is 9.69 Å². The van der Waals surface area contributed by atoms with Gasteiger partial charge in [0.2, 0.25) is 0 Å². The third-order valence-electron chi connectivity index (χ3n) is 5.09. The number of aliphatic imine (C=N–C) groups is 1. The van der Waals surface area contributed by atoms with Crippen molar-refractivity contribution >= 4 is 34.6 Å². The van der Waals surface area contributed by atoms with Crippen molar-refractivity contribution < 1.29 is 18.8 Å². The Bertz CT molecular complexity index is 1180. The van der Waals surface area contributed by atoms with Crippen LogP contribution in [-0.4, -0.2) is 30.5 Å². The zero-order valence-electron chi connectivity index (χ0n) is 18.3. The molecule has 0 saturated carbocycles. The Hall–Kier alpha value is -3.52. The van der Waals surface area contributed by atoms with Gasteiger partial charge in [-0.05, 0) is 49.8 Å². The van der Waals surface area contributed by atoms with Gasteiger partial charge in [-0.1, -0.05) is 35.1 Å². The van der Waals surface area contributed by atoms with E-state index in [4.69, 9.17) is 14.0 Å². The normalized spacial score (nSPS) is 14.8. The quantitative estimate of drug-likeness (QED) is 0.494. The molecule has 0 N–H and O–H groups in total. The van der Waals surface area contributed by atoms with Gasteiger partial charge in [0.15, 0.2) is 5.17 Å². The Morgan fingerprint density at radius 1 is 1.06 bits per heavy atom. The first-order valence-corrected chi connectivity index (χ1v) is 11.0. The van der Waals surface area contributed by atoms with Crippen LogP contribution in [-0.2, 0) is 10.5 Å². The van der Waals surface area contributed by atoms with Crippen molar-refractivity contribution in [1.82, 2.24) is 5.16 Å². The molecular weight excluding hydrogens is 426 g/mol. The van der Waals surface area contributed by atoms with Crippen LogP contribution in [0.3, 0.4) is 0 Å². The van der Waals surface area contributed by atoms with Gasteiger partial charge < -0.3 is 14.0 Å². The van der Waals surface area contributed by atoms with Crippen LogP contribution in [0.25, 0.3) is 6.08 Å². The Morgan fingerprint density at radius 3 is 2.47 bits per heavy atom. The number of carbonyl (C=O) groups is 1. The summed E-state index contributed by atoms with van der Waals surface area (Å²) in [6.07, 6.45) is 1.78. The number of ether oxygens (including phenoxy) is 2. The molecule has 2 aromatic carbocycles. The molecule has 0 unspecified atom stereocenters. The molecule has 0 atom stereocenters. The highest BCUT2D eigenvalue weighted by atomic mass is 32.2. The standard InChI is InChI=1S/C24H23N3O4S/c1-15-21(16(2)31-26-15)14-32-24-25-22(12-17-8-10-19(29-3)11-9-17)23(28)27(24)18-6-5-7-20(13-18)30-4/h5-13H,14H2,1-4H3/b22-12-. The molecule has 0 radical (unpaired) electrons. The number of aryl methyl sites for hydroxylation is 2. The molecular formula is C24H23N3O4S. The molecule has 32 heavy (non-hydrogen) atoms. The number of benzene rings is 2. The van der Waals surface area contributed by atoms with Crippen LogP contribution in [0.4, 0.5) is 5.69 Å². The van der Waals surface area contributed by atoms with Crippen molar-refractivity contribution in [2.75, 3.05) is 19.1 Å². The van der Waals surface area contributed by atoms with E-state index in [1.165, 1.54) is 11.8 Å². The summed E-state index contributed by atoms with van der Waals surface area (Å²) < 4.78 is 15.8. The Balaban J connectivity index is 1.68. The van der Waals surface area contributed by atoms with Crippen LogP contribution in [0.5, 0.6) is 11.5 Å². The highest BCUT2D eigenvalue weighted by Gasteiger charge is 2.32. The van der Waals surface area contributed by atoms with Crippen molar-refractivity contribution in [2.24, 2.45) is 4.99 Å². The minimum Gasteiger partial charge on any atom is -0.497 e. The molecule has 1 aliphatic rings. The molecule has 0 spiro atoms. The minimum atomic E-state index is -0.199. The fourth-order valence-electron chi connectivity index (χ4n) is 3.27.